The molecular formula is C25H29N2O2+. The van der Waals surface area contributed by atoms with Gasteiger partial charge < -0.3 is 10.6 Å². The quantitative estimate of drug-likeness (QED) is 0.420. The number of amides is 1. The molecule has 2 unspecified atom stereocenters. The molecule has 2 aromatic rings. The minimum atomic E-state index is -0.918. The molecule has 1 heterocycles. The summed E-state index contributed by atoms with van der Waals surface area (Å²) < 4.78 is 0.352. The smallest absolute Gasteiger partial charge is 0.233 e. The van der Waals surface area contributed by atoms with Crippen molar-refractivity contribution in [1.82, 2.24) is 0 Å². The minimum Gasteiger partial charge on any atom is -0.369 e. The van der Waals surface area contributed by atoms with Crippen LogP contribution in [0.15, 0.2) is 97.8 Å². The highest BCUT2D eigenvalue weighted by Crippen LogP contribution is 2.45. The van der Waals surface area contributed by atoms with Gasteiger partial charge in [0.2, 0.25) is 5.91 Å². The molecule has 0 radical (unpaired) electrons. The summed E-state index contributed by atoms with van der Waals surface area (Å²) in [6.45, 7) is 8.96. The van der Waals surface area contributed by atoms with Crippen LogP contribution in [0.1, 0.15) is 17.5 Å². The van der Waals surface area contributed by atoms with Crippen LogP contribution in [0.25, 0.3) is 0 Å². The fourth-order valence-corrected chi connectivity index (χ4v) is 4.55. The first-order valence-corrected chi connectivity index (χ1v) is 9.86. The van der Waals surface area contributed by atoms with Crippen molar-refractivity contribution < 1.29 is 14.3 Å². The van der Waals surface area contributed by atoms with Crippen LogP contribution in [-0.4, -0.2) is 30.7 Å². The molecule has 3 rings (SSSR count). The summed E-state index contributed by atoms with van der Waals surface area (Å²) in [5, 5.41) is 0. The molecule has 0 spiro atoms. The SMILES string of the molecule is C=C/C=C(\C=C)O[N+]1(C)CCC(C(C(N)=O)(c2ccccc2)c2ccccc2)C1. The predicted molar refractivity (Wildman–Crippen MR) is 116 cm³/mol. The zero-order valence-corrected chi connectivity index (χ0v) is 17.0. The summed E-state index contributed by atoms with van der Waals surface area (Å²) in [6.07, 6.45) is 5.95. The molecule has 1 fully saturated rings. The van der Waals surface area contributed by atoms with Gasteiger partial charge in [-0.2, -0.15) is 0 Å². The molecule has 4 nitrogen and oxygen atoms in total. The Morgan fingerprint density at radius 2 is 1.66 bits per heavy atom. The highest BCUT2D eigenvalue weighted by atomic mass is 16.7. The molecule has 0 bridgehead atoms. The minimum absolute atomic E-state index is 0.00963. The molecule has 1 saturated heterocycles. The van der Waals surface area contributed by atoms with Gasteiger partial charge in [-0.3, -0.25) is 4.79 Å². The van der Waals surface area contributed by atoms with Crippen LogP contribution in [0.4, 0.5) is 0 Å². The fraction of sp³-hybridized carbons (Fsp3) is 0.240. The second-order valence-electron chi connectivity index (χ2n) is 7.69. The van der Waals surface area contributed by atoms with Crippen LogP contribution in [0, 0.1) is 5.92 Å². The maximum absolute atomic E-state index is 13.1. The Labute approximate surface area is 173 Å². The van der Waals surface area contributed by atoms with E-state index in [9.17, 15) is 4.79 Å². The Hall–Kier alpha value is -3.11. The third-order valence-corrected chi connectivity index (χ3v) is 5.83. The van der Waals surface area contributed by atoms with Crippen LogP contribution in [-0.2, 0) is 15.0 Å². The molecule has 0 aromatic heterocycles. The number of rotatable bonds is 8. The Bertz CT molecular complexity index is 865. The molecule has 2 aromatic carbocycles. The summed E-state index contributed by atoms with van der Waals surface area (Å²) in [7, 11) is 2.03. The Morgan fingerprint density at radius 3 is 2.10 bits per heavy atom. The monoisotopic (exact) mass is 389 g/mol. The topological polar surface area (TPSA) is 52.3 Å². The first-order chi connectivity index (χ1) is 14.0. The van der Waals surface area contributed by atoms with Gasteiger partial charge in [0.05, 0.1) is 0 Å². The Kier molecular flexibility index (Phi) is 6.04. The number of allylic oxidation sites excluding steroid dienone is 3. The molecule has 2 N–H and O–H groups in total. The number of quaternary nitrogens is 1. The lowest BCUT2D eigenvalue weighted by Crippen LogP contribution is -2.51. The second-order valence-corrected chi connectivity index (χ2v) is 7.69. The van der Waals surface area contributed by atoms with Crippen molar-refractivity contribution in [2.75, 3.05) is 20.1 Å². The third-order valence-electron chi connectivity index (χ3n) is 5.83. The van der Waals surface area contributed by atoms with Crippen molar-refractivity contribution in [3.8, 4) is 0 Å². The Balaban J connectivity index is 2.07. The predicted octanol–water partition coefficient (Wildman–Crippen LogP) is 4.11. The average molecular weight is 390 g/mol. The van der Waals surface area contributed by atoms with Crippen molar-refractivity contribution >= 4 is 5.91 Å². The third kappa shape index (κ3) is 3.89. The molecule has 1 amide bonds. The van der Waals surface area contributed by atoms with Gasteiger partial charge in [0.15, 0.2) is 5.76 Å². The lowest BCUT2D eigenvalue weighted by Gasteiger charge is -2.37. The normalized spacial score (nSPS) is 22.1. The number of carbonyl (C=O) groups excluding carboxylic acids is 1. The first kappa shape index (κ1) is 20.6. The maximum Gasteiger partial charge on any atom is 0.233 e. The zero-order chi connectivity index (χ0) is 20.9. The van der Waals surface area contributed by atoms with Crippen LogP contribution in [0.5, 0.6) is 0 Å². The molecule has 0 saturated carbocycles. The number of primary amides is 1. The lowest BCUT2D eigenvalue weighted by molar-refractivity contribution is -1.07. The van der Waals surface area contributed by atoms with Gasteiger partial charge in [-0.15, -0.1) is 4.65 Å². The van der Waals surface area contributed by atoms with Crippen molar-refractivity contribution in [3.05, 3.63) is 109 Å². The fourth-order valence-electron chi connectivity index (χ4n) is 4.55. The number of benzene rings is 2. The summed E-state index contributed by atoms with van der Waals surface area (Å²) in [5.41, 5.74) is 7.07. The number of hydrogen-bond acceptors (Lipinski definition) is 2. The Morgan fingerprint density at radius 1 is 1.10 bits per heavy atom. The van der Waals surface area contributed by atoms with Crippen LogP contribution in [0.2, 0.25) is 0 Å². The molecular weight excluding hydrogens is 360 g/mol. The molecule has 150 valence electrons. The van der Waals surface area contributed by atoms with E-state index in [1.807, 2.05) is 67.7 Å². The largest absolute Gasteiger partial charge is 0.369 e. The average Bonchev–Trinajstić information content (AvgIpc) is 3.11. The van der Waals surface area contributed by atoms with Gasteiger partial charge in [0.25, 0.3) is 0 Å². The molecule has 29 heavy (non-hydrogen) atoms. The maximum atomic E-state index is 13.1. The van der Waals surface area contributed by atoms with Gasteiger partial charge in [-0.25, -0.2) is 0 Å². The molecule has 2 atom stereocenters. The van der Waals surface area contributed by atoms with Gasteiger partial charge in [0, 0.05) is 12.3 Å². The van der Waals surface area contributed by atoms with Crippen molar-refractivity contribution in [2.45, 2.75) is 11.8 Å². The van der Waals surface area contributed by atoms with Crippen molar-refractivity contribution in [1.29, 1.82) is 0 Å². The van der Waals surface area contributed by atoms with Crippen molar-refractivity contribution in [3.63, 3.8) is 0 Å². The number of nitrogens with zero attached hydrogens (tertiary/aromatic N) is 1. The van der Waals surface area contributed by atoms with E-state index in [-0.39, 0.29) is 11.8 Å². The number of carbonyl (C=O) groups is 1. The molecule has 4 heteroatoms. The summed E-state index contributed by atoms with van der Waals surface area (Å²) in [5.74, 6) is 0.316. The van der Waals surface area contributed by atoms with E-state index in [0.29, 0.717) is 17.0 Å². The van der Waals surface area contributed by atoms with E-state index < -0.39 is 5.41 Å². The summed E-state index contributed by atoms with van der Waals surface area (Å²) in [6, 6.07) is 19.7. The van der Waals surface area contributed by atoms with Gasteiger partial charge in [-0.1, -0.05) is 79.9 Å². The summed E-state index contributed by atoms with van der Waals surface area (Å²) >= 11 is 0. The molecule has 1 aliphatic heterocycles. The van der Waals surface area contributed by atoms with E-state index in [1.54, 1.807) is 18.2 Å². The van der Waals surface area contributed by atoms with Crippen LogP contribution >= 0.6 is 0 Å². The van der Waals surface area contributed by atoms with E-state index in [2.05, 4.69) is 13.2 Å². The number of nitrogens with two attached hydrogens (primary N) is 1. The zero-order valence-electron chi connectivity index (χ0n) is 17.0. The molecule has 0 aliphatic carbocycles. The van der Waals surface area contributed by atoms with Gasteiger partial charge in [0.1, 0.15) is 25.6 Å². The number of hydroxylamine groups is 3. The van der Waals surface area contributed by atoms with Crippen molar-refractivity contribution in [2.24, 2.45) is 11.7 Å². The highest BCUT2D eigenvalue weighted by Gasteiger charge is 2.54. The van der Waals surface area contributed by atoms with Gasteiger partial charge >= 0.3 is 0 Å². The number of hydrogen-bond donors (Lipinski definition) is 1. The van der Waals surface area contributed by atoms with Crippen LogP contribution < -0.4 is 5.73 Å². The standard InChI is InChI=1S/C25H28N2O2/c1-4-12-23(5-2)29-27(3)18-17-22(19-27)25(24(26)28,20-13-8-6-9-14-20)21-15-10-7-11-16-21/h4-16,22H,1-2,17-19H2,3H3,(H-,26,28)/p+1/b23-12+. The lowest BCUT2D eigenvalue weighted by atomic mass is 9.64. The first-order valence-electron chi connectivity index (χ1n) is 9.86. The summed E-state index contributed by atoms with van der Waals surface area (Å²) in [4.78, 5) is 19.4. The number of likely N-dealkylation sites (tertiary alicyclic amines) is 1. The van der Waals surface area contributed by atoms with E-state index in [1.165, 1.54) is 0 Å². The van der Waals surface area contributed by atoms with E-state index >= 15 is 0 Å². The van der Waals surface area contributed by atoms with E-state index in [4.69, 9.17) is 10.6 Å². The molecule has 1 aliphatic rings. The second kappa shape index (κ2) is 8.50. The van der Waals surface area contributed by atoms with Gasteiger partial charge in [-0.05, 0) is 23.3 Å². The van der Waals surface area contributed by atoms with E-state index in [0.717, 1.165) is 24.1 Å². The highest BCUT2D eigenvalue weighted by molar-refractivity contribution is 5.91. The van der Waals surface area contributed by atoms with Crippen LogP contribution in [0.3, 0.4) is 0 Å².